The van der Waals surface area contributed by atoms with Crippen LogP contribution in [0.25, 0.3) is 10.8 Å². The quantitative estimate of drug-likeness (QED) is 0.231. The number of fused-ring (bicyclic) bond motifs is 2. The van der Waals surface area contributed by atoms with Crippen molar-refractivity contribution in [3.63, 3.8) is 0 Å². The zero-order chi connectivity index (χ0) is 29.6. The minimum atomic E-state index is -2.41. The molecule has 0 saturated heterocycles. The van der Waals surface area contributed by atoms with E-state index in [0.29, 0.717) is 28.5 Å². The van der Waals surface area contributed by atoms with Gasteiger partial charge in [-0.05, 0) is 54.4 Å². The van der Waals surface area contributed by atoms with Crippen LogP contribution in [-0.2, 0) is 15.8 Å². The highest BCUT2D eigenvalue weighted by atomic mass is 28.4. The van der Waals surface area contributed by atoms with Gasteiger partial charge in [0, 0.05) is 17.4 Å². The summed E-state index contributed by atoms with van der Waals surface area (Å²) < 4.78 is 24.1. The number of carbonyl (C=O) groups is 2. The number of phenols is 2. The standard InChI is InChI=1S/C31H38O8Si/c1-17-13-19(15-32)27(33)25-23(17)30(37-6)24-21(38-16-18-9-11-20(36-5)12-10-18)14-22(28(34)26(24)29(25)35)39-40(7,8)31(2,3)4/h9-13,15,21-22,33,35H,14,16H2,1-8H3/t21-,22-/m0/s1. The Morgan fingerprint density at radius 3 is 2.20 bits per heavy atom. The number of aldehydes is 1. The first kappa shape index (κ1) is 29.6. The summed E-state index contributed by atoms with van der Waals surface area (Å²) in [6.07, 6.45) is -0.797. The van der Waals surface area contributed by atoms with Crippen molar-refractivity contribution in [1.82, 2.24) is 0 Å². The molecule has 3 aromatic carbocycles. The molecule has 8 nitrogen and oxygen atoms in total. The molecule has 0 saturated carbocycles. The maximum atomic E-state index is 14.1. The summed E-state index contributed by atoms with van der Waals surface area (Å²) in [6.45, 7) is 12.4. The van der Waals surface area contributed by atoms with Crippen LogP contribution in [0.1, 0.15) is 70.7 Å². The zero-order valence-electron chi connectivity index (χ0n) is 24.4. The van der Waals surface area contributed by atoms with Crippen molar-refractivity contribution in [3.05, 3.63) is 58.1 Å². The van der Waals surface area contributed by atoms with Crippen molar-refractivity contribution in [1.29, 1.82) is 0 Å². The first-order valence-electron chi connectivity index (χ1n) is 13.3. The number of carbonyl (C=O) groups excluding carboxylic acids is 2. The molecule has 0 heterocycles. The van der Waals surface area contributed by atoms with Crippen molar-refractivity contribution in [2.24, 2.45) is 0 Å². The molecule has 2 atom stereocenters. The number of hydrogen-bond acceptors (Lipinski definition) is 8. The number of aryl methyl sites for hydroxylation is 1. The van der Waals surface area contributed by atoms with Gasteiger partial charge in [-0.25, -0.2) is 0 Å². The van der Waals surface area contributed by atoms with Crippen molar-refractivity contribution in [2.45, 2.75) is 71.1 Å². The summed E-state index contributed by atoms with van der Waals surface area (Å²) in [5.41, 5.74) is 1.89. The predicted octanol–water partition coefficient (Wildman–Crippen LogP) is 6.62. The van der Waals surface area contributed by atoms with Crippen LogP contribution in [0.4, 0.5) is 0 Å². The molecule has 0 radical (unpaired) electrons. The maximum absolute atomic E-state index is 14.1. The van der Waals surface area contributed by atoms with E-state index in [2.05, 4.69) is 33.9 Å². The highest BCUT2D eigenvalue weighted by Crippen LogP contribution is 2.53. The van der Waals surface area contributed by atoms with Crippen molar-refractivity contribution >= 4 is 31.2 Å². The van der Waals surface area contributed by atoms with E-state index < -0.39 is 37.8 Å². The van der Waals surface area contributed by atoms with Gasteiger partial charge in [-0.2, -0.15) is 0 Å². The Hall–Kier alpha value is -3.40. The number of Topliss-reactive ketones (excluding diaryl/α,β-unsaturated/α-hetero) is 1. The molecular formula is C31H38O8Si. The van der Waals surface area contributed by atoms with Gasteiger partial charge in [0.25, 0.3) is 0 Å². The first-order valence-corrected chi connectivity index (χ1v) is 16.2. The Balaban J connectivity index is 1.92. The molecule has 214 valence electrons. The third-order valence-corrected chi connectivity index (χ3v) is 12.7. The second-order valence-electron chi connectivity index (χ2n) is 11.8. The number of benzene rings is 3. The average molecular weight is 567 g/mol. The van der Waals surface area contributed by atoms with Crippen LogP contribution in [0.2, 0.25) is 18.1 Å². The van der Waals surface area contributed by atoms with E-state index in [1.54, 1.807) is 14.0 Å². The van der Waals surface area contributed by atoms with Crippen LogP contribution in [0.3, 0.4) is 0 Å². The average Bonchev–Trinajstić information content (AvgIpc) is 2.90. The number of aromatic hydroxyl groups is 2. The molecule has 0 unspecified atom stereocenters. The minimum Gasteiger partial charge on any atom is -0.506 e. The predicted molar refractivity (Wildman–Crippen MR) is 155 cm³/mol. The summed E-state index contributed by atoms with van der Waals surface area (Å²) in [5, 5.41) is 22.8. The molecule has 9 heteroatoms. The van der Waals surface area contributed by atoms with Gasteiger partial charge in [0.05, 0.1) is 43.4 Å². The van der Waals surface area contributed by atoms with Crippen LogP contribution in [-0.4, -0.2) is 50.9 Å². The number of rotatable bonds is 8. The molecule has 0 spiro atoms. The van der Waals surface area contributed by atoms with Gasteiger partial charge in [-0.3, -0.25) is 9.59 Å². The minimum absolute atomic E-state index is 0.00643. The summed E-state index contributed by atoms with van der Waals surface area (Å²) in [6, 6.07) is 9.01. The number of methoxy groups -OCH3 is 2. The fraction of sp³-hybridized carbons (Fsp3) is 0.419. The Kier molecular flexibility index (Phi) is 8.04. The molecule has 2 N–H and O–H groups in total. The third kappa shape index (κ3) is 5.09. The van der Waals surface area contributed by atoms with Gasteiger partial charge < -0.3 is 28.8 Å². The summed E-state index contributed by atoms with van der Waals surface area (Å²) in [7, 11) is 0.665. The van der Waals surface area contributed by atoms with Crippen molar-refractivity contribution in [3.8, 4) is 23.0 Å². The lowest BCUT2D eigenvalue weighted by molar-refractivity contribution is -0.000519. The Bertz CT molecular complexity index is 1450. The third-order valence-electron chi connectivity index (χ3n) is 8.21. The van der Waals surface area contributed by atoms with Gasteiger partial charge in [0.2, 0.25) is 0 Å². The van der Waals surface area contributed by atoms with Gasteiger partial charge in [-0.15, -0.1) is 0 Å². The van der Waals surface area contributed by atoms with Gasteiger partial charge >= 0.3 is 0 Å². The maximum Gasteiger partial charge on any atom is 0.194 e. The molecule has 1 aliphatic rings. The van der Waals surface area contributed by atoms with Gasteiger partial charge in [-0.1, -0.05) is 32.9 Å². The molecule has 40 heavy (non-hydrogen) atoms. The lowest BCUT2D eigenvalue weighted by Crippen LogP contribution is -2.47. The summed E-state index contributed by atoms with van der Waals surface area (Å²) in [4.78, 5) is 25.7. The van der Waals surface area contributed by atoms with Crippen LogP contribution in [0.15, 0.2) is 30.3 Å². The molecule has 3 aromatic rings. The second kappa shape index (κ2) is 10.9. The van der Waals surface area contributed by atoms with E-state index in [1.807, 2.05) is 24.3 Å². The largest absolute Gasteiger partial charge is 0.506 e. The number of phenolic OH excluding ortho intramolecular Hbond substituents is 2. The molecule has 1 aliphatic carbocycles. The highest BCUT2D eigenvalue weighted by Gasteiger charge is 2.46. The van der Waals surface area contributed by atoms with Gasteiger partial charge in [0.15, 0.2) is 20.4 Å². The molecular weight excluding hydrogens is 528 g/mol. The SMILES string of the molecule is COc1ccc(CO[C@H]2C[C@H](O[Si](C)(C)C(C)(C)C)C(=O)c3c2c(OC)c2c(C)cc(C=O)c(O)c2c3O)cc1. The fourth-order valence-electron chi connectivity index (χ4n) is 5.00. The normalized spacial score (nSPS) is 17.6. The summed E-state index contributed by atoms with van der Waals surface area (Å²) in [5.74, 6) is -0.197. The van der Waals surface area contributed by atoms with E-state index in [1.165, 1.54) is 13.2 Å². The molecule has 0 bridgehead atoms. The second-order valence-corrected chi connectivity index (χ2v) is 16.5. The first-order chi connectivity index (χ1) is 18.7. The van der Waals surface area contributed by atoms with E-state index in [4.69, 9.17) is 18.6 Å². The van der Waals surface area contributed by atoms with Crippen molar-refractivity contribution in [2.75, 3.05) is 14.2 Å². The molecule has 0 aromatic heterocycles. The van der Waals surface area contributed by atoms with Crippen LogP contribution < -0.4 is 9.47 Å². The van der Waals surface area contributed by atoms with E-state index in [-0.39, 0.29) is 34.6 Å². The lowest BCUT2D eigenvalue weighted by atomic mass is 9.81. The Morgan fingerprint density at radius 2 is 1.65 bits per heavy atom. The van der Waals surface area contributed by atoms with Crippen molar-refractivity contribution < 1.29 is 38.4 Å². The monoisotopic (exact) mass is 566 g/mol. The number of ketones is 1. The zero-order valence-corrected chi connectivity index (χ0v) is 25.4. The topological polar surface area (TPSA) is 112 Å². The lowest BCUT2D eigenvalue weighted by Gasteiger charge is -2.41. The van der Waals surface area contributed by atoms with Gasteiger partial charge in [0.1, 0.15) is 29.1 Å². The number of ether oxygens (including phenoxy) is 3. The van der Waals surface area contributed by atoms with E-state index in [0.717, 1.165) is 11.3 Å². The number of hydrogen-bond donors (Lipinski definition) is 2. The molecule has 0 amide bonds. The molecule has 4 rings (SSSR count). The smallest absolute Gasteiger partial charge is 0.194 e. The van der Waals surface area contributed by atoms with Crippen LogP contribution >= 0.6 is 0 Å². The highest BCUT2D eigenvalue weighted by molar-refractivity contribution is 6.74. The van der Waals surface area contributed by atoms with E-state index >= 15 is 0 Å². The van der Waals surface area contributed by atoms with Crippen LogP contribution in [0.5, 0.6) is 23.0 Å². The van der Waals surface area contributed by atoms with Crippen LogP contribution in [0, 0.1) is 6.92 Å². The Morgan fingerprint density at radius 1 is 1.00 bits per heavy atom. The molecule has 0 aliphatic heterocycles. The fourth-order valence-corrected chi connectivity index (χ4v) is 6.27. The Labute approximate surface area is 236 Å². The van der Waals surface area contributed by atoms with E-state index in [9.17, 15) is 19.8 Å². The summed E-state index contributed by atoms with van der Waals surface area (Å²) >= 11 is 0. The molecule has 0 fully saturated rings.